The second kappa shape index (κ2) is 8.45. The molecule has 1 aromatic heterocycles. The van der Waals surface area contributed by atoms with Gasteiger partial charge in [-0.1, -0.05) is 43.3 Å². The molecule has 0 saturated carbocycles. The van der Waals surface area contributed by atoms with E-state index in [2.05, 4.69) is 29.4 Å². The Hall–Kier alpha value is -3.19. The van der Waals surface area contributed by atoms with Gasteiger partial charge < -0.3 is 15.0 Å². The fraction of sp³-hybridized carbons (Fsp3) is 0.227. The number of para-hydroxylation sites is 2. The number of amides is 2. The average Bonchev–Trinajstić information content (AvgIpc) is 3.21. The van der Waals surface area contributed by atoms with E-state index in [1.54, 1.807) is 4.90 Å². The Kier molecular flexibility index (Phi) is 5.57. The molecular weight excluding hydrogens is 386 g/mol. The SMILES string of the molecule is CCc1ccc(-c2csc(NC(=O)CCN3C(=O)COc4ccccc43)n2)cc1. The standard InChI is InChI=1S/C22H21N3O3S/c1-2-15-7-9-16(10-8-15)17-14-29-22(23-17)24-20(26)11-12-25-18-5-3-4-6-19(18)28-13-21(25)27/h3-10,14H,2,11-13H2,1H3,(H,23,24,26). The summed E-state index contributed by atoms with van der Waals surface area (Å²) < 4.78 is 5.43. The number of carbonyl (C=O) groups excluding carboxylic acids is 2. The molecule has 0 fully saturated rings. The lowest BCUT2D eigenvalue weighted by atomic mass is 10.1. The van der Waals surface area contributed by atoms with Crippen molar-refractivity contribution in [3.8, 4) is 17.0 Å². The first kappa shape index (κ1) is 19.1. The van der Waals surface area contributed by atoms with Gasteiger partial charge in [-0.2, -0.15) is 0 Å². The molecule has 29 heavy (non-hydrogen) atoms. The third-order valence-electron chi connectivity index (χ3n) is 4.78. The highest BCUT2D eigenvalue weighted by atomic mass is 32.1. The molecule has 7 heteroatoms. The van der Waals surface area contributed by atoms with E-state index >= 15 is 0 Å². The Morgan fingerprint density at radius 3 is 2.79 bits per heavy atom. The zero-order valence-electron chi connectivity index (χ0n) is 16.1. The summed E-state index contributed by atoms with van der Waals surface area (Å²) in [6, 6.07) is 15.6. The van der Waals surface area contributed by atoms with Crippen molar-refractivity contribution in [3.05, 3.63) is 59.5 Å². The first-order valence-corrected chi connectivity index (χ1v) is 10.4. The first-order valence-electron chi connectivity index (χ1n) is 9.51. The van der Waals surface area contributed by atoms with Crippen molar-refractivity contribution in [3.63, 3.8) is 0 Å². The van der Waals surface area contributed by atoms with Crippen LogP contribution in [-0.4, -0.2) is 29.9 Å². The maximum Gasteiger partial charge on any atom is 0.265 e. The average molecular weight is 407 g/mol. The van der Waals surface area contributed by atoms with Gasteiger partial charge >= 0.3 is 0 Å². The number of hydrogen-bond donors (Lipinski definition) is 1. The predicted octanol–water partition coefficient (Wildman–Crippen LogP) is 4.13. The lowest BCUT2D eigenvalue weighted by Gasteiger charge is -2.29. The van der Waals surface area contributed by atoms with E-state index < -0.39 is 0 Å². The summed E-state index contributed by atoms with van der Waals surface area (Å²) >= 11 is 1.39. The molecule has 0 bridgehead atoms. The van der Waals surface area contributed by atoms with E-state index in [9.17, 15) is 9.59 Å². The second-order valence-electron chi connectivity index (χ2n) is 6.69. The molecule has 6 nitrogen and oxygen atoms in total. The minimum atomic E-state index is -0.177. The summed E-state index contributed by atoms with van der Waals surface area (Å²) in [6.07, 6.45) is 1.18. The molecule has 1 N–H and O–H groups in total. The van der Waals surface area contributed by atoms with Crippen molar-refractivity contribution in [1.29, 1.82) is 0 Å². The van der Waals surface area contributed by atoms with Crippen LogP contribution >= 0.6 is 11.3 Å². The first-order chi connectivity index (χ1) is 14.1. The van der Waals surface area contributed by atoms with Crippen LogP contribution in [0.5, 0.6) is 5.75 Å². The van der Waals surface area contributed by atoms with Crippen molar-refractivity contribution >= 4 is 34.0 Å². The van der Waals surface area contributed by atoms with Gasteiger partial charge in [0.25, 0.3) is 5.91 Å². The quantitative estimate of drug-likeness (QED) is 0.667. The third kappa shape index (κ3) is 4.30. The van der Waals surface area contributed by atoms with Crippen LogP contribution in [0.2, 0.25) is 0 Å². The summed E-state index contributed by atoms with van der Waals surface area (Å²) in [5, 5.41) is 5.32. The molecule has 0 unspecified atom stereocenters. The van der Waals surface area contributed by atoms with Gasteiger partial charge in [-0.25, -0.2) is 4.98 Å². The fourth-order valence-electron chi connectivity index (χ4n) is 3.17. The van der Waals surface area contributed by atoms with Crippen molar-refractivity contribution in [2.24, 2.45) is 0 Å². The Balaban J connectivity index is 1.37. The van der Waals surface area contributed by atoms with Crippen LogP contribution in [0.1, 0.15) is 18.9 Å². The Morgan fingerprint density at radius 2 is 2.00 bits per heavy atom. The predicted molar refractivity (Wildman–Crippen MR) is 114 cm³/mol. The molecule has 148 valence electrons. The number of benzene rings is 2. The highest BCUT2D eigenvalue weighted by molar-refractivity contribution is 7.14. The van der Waals surface area contributed by atoms with Crippen molar-refractivity contribution in [2.75, 3.05) is 23.4 Å². The van der Waals surface area contributed by atoms with Crippen LogP contribution in [-0.2, 0) is 16.0 Å². The normalized spacial score (nSPS) is 13.0. The van der Waals surface area contributed by atoms with Crippen LogP contribution in [0.15, 0.2) is 53.9 Å². The molecule has 2 aromatic carbocycles. The van der Waals surface area contributed by atoms with Crippen LogP contribution in [0.25, 0.3) is 11.3 Å². The molecular formula is C22H21N3O3S. The van der Waals surface area contributed by atoms with E-state index in [4.69, 9.17) is 4.74 Å². The number of carbonyl (C=O) groups is 2. The Bertz CT molecular complexity index is 1030. The molecule has 0 atom stereocenters. The maximum atomic E-state index is 12.4. The molecule has 0 spiro atoms. The molecule has 4 rings (SSSR count). The minimum absolute atomic E-state index is 0.00864. The monoisotopic (exact) mass is 407 g/mol. The zero-order valence-corrected chi connectivity index (χ0v) is 16.9. The van der Waals surface area contributed by atoms with E-state index in [1.165, 1.54) is 16.9 Å². The van der Waals surface area contributed by atoms with Gasteiger partial charge in [0.05, 0.1) is 11.4 Å². The summed E-state index contributed by atoms with van der Waals surface area (Å²) in [7, 11) is 0. The summed E-state index contributed by atoms with van der Waals surface area (Å²) in [5.74, 6) is 0.332. The van der Waals surface area contributed by atoms with E-state index in [0.29, 0.717) is 23.1 Å². The fourth-order valence-corrected chi connectivity index (χ4v) is 3.91. The van der Waals surface area contributed by atoms with Crippen molar-refractivity contribution in [2.45, 2.75) is 19.8 Å². The zero-order chi connectivity index (χ0) is 20.2. The molecule has 0 radical (unpaired) electrons. The van der Waals surface area contributed by atoms with Gasteiger partial charge in [0.2, 0.25) is 5.91 Å². The molecule has 1 aliphatic heterocycles. The van der Waals surface area contributed by atoms with Gasteiger partial charge in [-0.05, 0) is 24.1 Å². The molecule has 0 saturated heterocycles. The van der Waals surface area contributed by atoms with E-state index in [-0.39, 0.29) is 24.8 Å². The number of fused-ring (bicyclic) bond motifs is 1. The van der Waals surface area contributed by atoms with Crippen molar-refractivity contribution in [1.82, 2.24) is 4.98 Å². The molecule has 1 aliphatic rings. The van der Waals surface area contributed by atoms with Gasteiger partial charge in [-0.15, -0.1) is 11.3 Å². The third-order valence-corrected chi connectivity index (χ3v) is 5.54. The Labute approximate surface area is 173 Å². The maximum absolute atomic E-state index is 12.4. The molecule has 0 aliphatic carbocycles. The number of nitrogens with zero attached hydrogens (tertiary/aromatic N) is 2. The smallest absolute Gasteiger partial charge is 0.265 e. The lowest BCUT2D eigenvalue weighted by Crippen LogP contribution is -2.40. The number of rotatable bonds is 6. The molecule has 3 aromatic rings. The van der Waals surface area contributed by atoms with Crippen molar-refractivity contribution < 1.29 is 14.3 Å². The van der Waals surface area contributed by atoms with Gasteiger partial charge in [0.1, 0.15) is 5.75 Å². The molecule has 2 amide bonds. The Morgan fingerprint density at radius 1 is 1.21 bits per heavy atom. The highest BCUT2D eigenvalue weighted by Gasteiger charge is 2.25. The van der Waals surface area contributed by atoms with Gasteiger partial charge in [0, 0.05) is 23.9 Å². The summed E-state index contributed by atoms with van der Waals surface area (Å²) in [4.78, 5) is 30.7. The number of anilines is 2. The number of ether oxygens (including phenoxy) is 1. The van der Waals surface area contributed by atoms with Crippen LogP contribution in [0.3, 0.4) is 0 Å². The van der Waals surface area contributed by atoms with Gasteiger partial charge in [-0.3, -0.25) is 9.59 Å². The van der Waals surface area contributed by atoms with Crippen LogP contribution in [0.4, 0.5) is 10.8 Å². The van der Waals surface area contributed by atoms with E-state index in [0.717, 1.165) is 17.7 Å². The van der Waals surface area contributed by atoms with Crippen LogP contribution < -0.4 is 15.0 Å². The number of nitrogens with one attached hydrogen (secondary N) is 1. The summed E-state index contributed by atoms with van der Waals surface area (Å²) in [5.41, 5.74) is 3.83. The topological polar surface area (TPSA) is 71.5 Å². The number of hydrogen-bond acceptors (Lipinski definition) is 5. The largest absolute Gasteiger partial charge is 0.482 e. The highest BCUT2D eigenvalue weighted by Crippen LogP contribution is 2.31. The number of aromatic nitrogens is 1. The number of aryl methyl sites for hydroxylation is 1. The number of thiazole rings is 1. The molecule has 2 heterocycles. The van der Waals surface area contributed by atoms with E-state index in [1.807, 2.05) is 41.8 Å². The van der Waals surface area contributed by atoms with Gasteiger partial charge in [0.15, 0.2) is 11.7 Å². The minimum Gasteiger partial charge on any atom is -0.482 e. The summed E-state index contributed by atoms with van der Waals surface area (Å²) in [6.45, 7) is 2.40. The van der Waals surface area contributed by atoms with Crippen LogP contribution in [0, 0.1) is 0 Å². The lowest BCUT2D eigenvalue weighted by molar-refractivity contribution is -0.121. The second-order valence-corrected chi connectivity index (χ2v) is 7.55.